The monoisotopic (exact) mass is 547 g/mol. The topological polar surface area (TPSA) is 96.3 Å². The second kappa shape index (κ2) is 10.9. The van der Waals surface area contributed by atoms with Crippen LogP contribution in [0, 0.1) is 11.7 Å². The van der Waals surface area contributed by atoms with Gasteiger partial charge in [0.15, 0.2) is 0 Å². The maximum atomic E-state index is 13.2. The highest BCUT2D eigenvalue weighted by molar-refractivity contribution is 7.89. The lowest BCUT2D eigenvalue weighted by Gasteiger charge is -2.30. The van der Waals surface area contributed by atoms with E-state index in [1.165, 1.54) is 21.4 Å². The van der Waals surface area contributed by atoms with Crippen molar-refractivity contribution >= 4 is 39.4 Å². The molecular weight excluding hydrogens is 521 g/mol. The molecule has 0 radical (unpaired) electrons. The zero-order valence-corrected chi connectivity index (χ0v) is 22.0. The highest BCUT2D eigenvalue weighted by Crippen LogP contribution is 2.27. The fourth-order valence-electron chi connectivity index (χ4n) is 4.51. The lowest BCUT2D eigenvalue weighted by atomic mass is 9.98. The molecule has 0 aliphatic carbocycles. The largest absolute Gasteiger partial charge is 0.426 e. The number of para-hydroxylation sites is 1. The highest BCUT2D eigenvalue weighted by atomic mass is 32.2. The molecule has 3 aromatic rings. The number of hydrazone groups is 1. The number of ether oxygens (including phenoxy) is 1. The van der Waals surface area contributed by atoms with Crippen LogP contribution in [-0.4, -0.2) is 43.4 Å². The maximum absolute atomic E-state index is 13.2. The summed E-state index contributed by atoms with van der Waals surface area (Å²) in [7, 11) is -3.76. The fraction of sp³-hybridized carbons (Fsp3) is 0.207. The average molecular weight is 548 g/mol. The van der Waals surface area contributed by atoms with Gasteiger partial charge in [0.25, 0.3) is 5.91 Å². The van der Waals surface area contributed by atoms with Crippen molar-refractivity contribution in [3.8, 4) is 5.75 Å². The first-order valence-electron chi connectivity index (χ1n) is 12.5. The molecule has 1 fully saturated rings. The van der Waals surface area contributed by atoms with Gasteiger partial charge in [-0.25, -0.2) is 12.8 Å². The second-order valence-electron chi connectivity index (χ2n) is 9.32. The zero-order chi connectivity index (χ0) is 27.6. The number of carbonyl (C=O) groups is 2. The number of amides is 1. The minimum absolute atomic E-state index is 0.0218. The standard InChI is InChI=1S/C29H26FN3O5S/c1-20-27(28(34)33(31-20)24-5-3-2-4-6-24)19-21-7-11-25(12-8-21)38-29(35)22-15-17-32(18-16-22)39(36,37)26-13-9-23(30)10-14-26/h2-14,19,22H,15-18H2,1H3/b27-19-. The van der Waals surface area contributed by atoms with E-state index in [0.29, 0.717) is 35.6 Å². The molecule has 0 atom stereocenters. The Hall–Kier alpha value is -4.15. The van der Waals surface area contributed by atoms with Crippen molar-refractivity contribution < 1.29 is 27.1 Å². The first-order chi connectivity index (χ1) is 18.7. The number of halogens is 1. The summed E-state index contributed by atoms with van der Waals surface area (Å²) >= 11 is 0. The smallest absolute Gasteiger partial charge is 0.314 e. The normalized spacial score (nSPS) is 17.9. The first kappa shape index (κ1) is 26.5. The van der Waals surface area contributed by atoms with Gasteiger partial charge in [-0.1, -0.05) is 30.3 Å². The molecule has 10 heteroatoms. The molecule has 0 spiro atoms. The number of hydrogen-bond donors (Lipinski definition) is 0. The Kier molecular flexibility index (Phi) is 7.40. The molecule has 2 heterocycles. The van der Waals surface area contributed by atoms with Gasteiger partial charge in [-0.15, -0.1) is 0 Å². The van der Waals surface area contributed by atoms with E-state index < -0.39 is 27.7 Å². The van der Waals surface area contributed by atoms with Crippen LogP contribution >= 0.6 is 0 Å². The van der Waals surface area contributed by atoms with Crippen LogP contribution in [0.4, 0.5) is 10.1 Å². The van der Waals surface area contributed by atoms with E-state index in [9.17, 15) is 22.4 Å². The minimum Gasteiger partial charge on any atom is -0.426 e. The number of esters is 1. The zero-order valence-electron chi connectivity index (χ0n) is 21.2. The maximum Gasteiger partial charge on any atom is 0.314 e. The first-order valence-corrected chi connectivity index (χ1v) is 13.9. The molecule has 1 amide bonds. The van der Waals surface area contributed by atoms with Gasteiger partial charge in [0.1, 0.15) is 11.6 Å². The van der Waals surface area contributed by atoms with E-state index in [1.807, 2.05) is 30.3 Å². The number of hydrogen-bond acceptors (Lipinski definition) is 6. The highest BCUT2D eigenvalue weighted by Gasteiger charge is 2.33. The molecule has 0 unspecified atom stereocenters. The summed E-state index contributed by atoms with van der Waals surface area (Å²) in [5, 5.41) is 5.74. The van der Waals surface area contributed by atoms with Crippen molar-refractivity contribution in [2.24, 2.45) is 11.0 Å². The van der Waals surface area contributed by atoms with Gasteiger partial charge in [0.2, 0.25) is 10.0 Å². The summed E-state index contributed by atoms with van der Waals surface area (Å²) in [5.74, 6) is -1.23. The lowest BCUT2D eigenvalue weighted by Crippen LogP contribution is -2.41. The van der Waals surface area contributed by atoms with Gasteiger partial charge < -0.3 is 4.74 Å². The molecule has 2 aliphatic heterocycles. The molecule has 8 nitrogen and oxygen atoms in total. The summed E-state index contributed by atoms with van der Waals surface area (Å²) in [6.07, 6.45) is 2.39. The van der Waals surface area contributed by atoms with Crippen LogP contribution in [0.5, 0.6) is 5.75 Å². The van der Waals surface area contributed by atoms with Gasteiger partial charge in [-0.05, 0) is 79.9 Å². The van der Waals surface area contributed by atoms with E-state index in [1.54, 1.807) is 37.3 Å². The van der Waals surface area contributed by atoms with Gasteiger partial charge in [-0.3, -0.25) is 9.59 Å². The summed E-state index contributed by atoms with van der Waals surface area (Å²) in [6, 6.07) is 20.7. The number of piperidine rings is 1. The molecule has 1 saturated heterocycles. The van der Waals surface area contributed by atoms with Crippen molar-refractivity contribution in [1.82, 2.24) is 4.31 Å². The quantitative estimate of drug-likeness (QED) is 0.255. The number of carbonyl (C=O) groups excluding carboxylic acids is 2. The molecule has 5 rings (SSSR count). The lowest BCUT2D eigenvalue weighted by molar-refractivity contribution is -0.140. The number of rotatable bonds is 6. The van der Waals surface area contributed by atoms with Gasteiger partial charge in [0, 0.05) is 13.1 Å². The molecule has 0 aromatic heterocycles. The molecule has 200 valence electrons. The third-order valence-electron chi connectivity index (χ3n) is 6.71. The predicted octanol–water partition coefficient (Wildman–Crippen LogP) is 4.64. The van der Waals surface area contributed by atoms with Crippen molar-refractivity contribution in [3.05, 3.63) is 95.8 Å². The van der Waals surface area contributed by atoms with Crippen LogP contribution in [0.15, 0.2) is 94.4 Å². The number of nitrogens with zero attached hydrogens (tertiary/aromatic N) is 3. The van der Waals surface area contributed by atoms with Gasteiger partial charge >= 0.3 is 5.97 Å². The number of benzene rings is 3. The molecule has 0 N–H and O–H groups in total. The molecular formula is C29H26FN3O5S. The van der Waals surface area contributed by atoms with Crippen molar-refractivity contribution in [1.29, 1.82) is 0 Å². The van der Waals surface area contributed by atoms with Gasteiger partial charge in [-0.2, -0.15) is 14.4 Å². The Labute approximate surface area is 226 Å². The fourth-order valence-corrected chi connectivity index (χ4v) is 5.98. The summed E-state index contributed by atoms with van der Waals surface area (Å²) < 4.78 is 45.6. The van der Waals surface area contributed by atoms with E-state index >= 15 is 0 Å². The molecule has 39 heavy (non-hydrogen) atoms. The summed E-state index contributed by atoms with van der Waals surface area (Å²) in [4.78, 5) is 25.7. The van der Waals surface area contributed by atoms with Crippen LogP contribution in [0.3, 0.4) is 0 Å². The Morgan fingerprint density at radius 1 is 0.974 bits per heavy atom. The van der Waals surface area contributed by atoms with Crippen LogP contribution in [0.25, 0.3) is 6.08 Å². The average Bonchev–Trinajstić information content (AvgIpc) is 3.23. The van der Waals surface area contributed by atoms with Crippen LogP contribution in [0.1, 0.15) is 25.3 Å². The minimum atomic E-state index is -3.76. The molecule has 3 aromatic carbocycles. The van der Waals surface area contributed by atoms with E-state index in [2.05, 4.69) is 5.10 Å². The molecule has 0 saturated carbocycles. The van der Waals surface area contributed by atoms with E-state index in [4.69, 9.17) is 4.74 Å². The molecule has 2 aliphatic rings. The van der Waals surface area contributed by atoms with Crippen molar-refractivity contribution in [2.75, 3.05) is 18.1 Å². The predicted molar refractivity (Wildman–Crippen MR) is 145 cm³/mol. The second-order valence-corrected chi connectivity index (χ2v) is 11.3. The summed E-state index contributed by atoms with van der Waals surface area (Å²) in [5.41, 5.74) is 2.52. The third-order valence-corrected chi connectivity index (χ3v) is 8.62. The van der Waals surface area contributed by atoms with Crippen molar-refractivity contribution in [2.45, 2.75) is 24.7 Å². The molecule has 0 bridgehead atoms. The van der Waals surface area contributed by atoms with E-state index in [-0.39, 0.29) is 23.9 Å². The van der Waals surface area contributed by atoms with Crippen LogP contribution in [-0.2, 0) is 19.6 Å². The van der Waals surface area contributed by atoms with E-state index in [0.717, 1.165) is 17.7 Å². The Morgan fingerprint density at radius 3 is 2.26 bits per heavy atom. The van der Waals surface area contributed by atoms with Crippen LogP contribution in [0.2, 0.25) is 0 Å². The van der Waals surface area contributed by atoms with Crippen LogP contribution < -0.4 is 9.75 Å². The number of anilines is 1. The van der Waals surface area contributed by atoms with Crippen molar-refractivity contribution in [3.63, 3.8) is 0 Å². The third kappa shape index (κ3) is 5.67. The Morgan fingerprint density at radius 2 is 1.62 bits per heavy atom. The number of sulfonamides is 1. The summed E-state index contributed by atoms with van der Waals surface area (Å²) in [6.45, 7) is 2.11. The van der Waals surface area contributed by atoms with Gasteiger partial charge in [0.05, 0.1) is 27.8 Å². The Balaban J connectivity index is 1.18. The SMILES string of the molecule is CC1=NN(c2ccccc2)C(=O)/C1=C\c1ccc(OC(=O)C2CCN(S(=O)(=O)c3ccc(F)cc3)CC2)cc1. The Bertz CT molecular complexity index is 1540.